The van der Waals surface area contributed by atoms with Gasteiger partial charge < -0.3 is 10.4 Å². The number of aliphatic hydroxyl groups excluding tert-OH is 1. The molecule has 17 heavy (non-hydrogen) atoms. The Bertz CT molecular complexity index is 388. The molecule has 0 amide bonds. The highest BCUT2D eigenvalue weighted by Crippen LogP contribution is 2.37. The molecule has 0 bridgehead atoms. The molecule has 0 saturated heterocycles. The number of hydrogen-bond donors (Lipinski definition) is 2. The molecular weight excluding hydrogens is 216 g/mol. The number of anilines is 1. The molecule has 0 aromatic carbocycles. The molecule has 0 atom stereocenters. The van der Waals surface area contributed by atoms with E-state index in [-0.39, 0.29) is 12.0 Å². The molecule has 1 aliphatic rings. The van der Waals surface area contributed by atoms with E-state index in [0.29, 0.717) is 5.95 Å². The number of rotatable bonds is 4. The summed E-state index contributed by atoms with van der Waals surface area (Å²) in [6, 6.07) is 0. The van der Waals surface area contributed by atoms with Crippen molar-refractivity contribution in [1.29, 1.82) is 0 Å². The van der Waals surface area contributed by atoms with E-state index in [4.69, 9.17) is 0 Å². The summed E-state index contributed by atoms with van der Waals surface area (Å²) in [5.41, 5.74) is 1.77. The minimum atomic E-state index is 0.0160. The van der Waals surface area contributed by atoms with Crippen LogP contribution in [0, 0.1) is 19.3 Å². The summed E-state index contributed by atoms with van der Waals surface area (Å²) in [5.74, 6) is 0.563. The second kappa shape index (κ2) is 4.96. The lowest BCUT2D eigenvalue weighted by molar-refractivity contribution is 0.142. The molecule has 1 saturated carbocycles. The molecule has 0 radical (unpaired) electrons. The zero-order valence-electron chi connectivity index (χ0n) is 10.5. The number of aliphatic hydroxyl groups is 1. The quantitative estimate of drug-likeness (QED) is 0.828. The van der Waals surface area contributed by atoms with E-state index >= 15 is 0 Å². The first-order valence-corrected chi connectivity index (χ1v) is 6.18. The molecule has 2 rings (SSSR count). The van der Waals surface area contributed by atoms with Crippen LogP contribution in [0.1, 0.15) is 37.1 Å². The highest BCUT2D eigenvalue weighted by atomic mass is 16.3. The lowest BCUT2D eigenvalue weighted by atomic mass is 9.87. The SMILES string of the molecule is Cc1nnc(NCC2(CO)CCCC2)nc1C. The molecule has 5 nitrogen and oxygen atoms in total. The number of aryl methyl sites for hydroxylation is 2. The van der Waals surface area contributed by atoms with Gasteiger partial charge in [-0.25, -0.2) is 4.98 Å². The Morgan fingerprint density at radius 1 is 1.18 bits per heavy atom. The van der Waals surface area contributed by atoms with Crippen LogP contribution >= 0.6 is 0 Å². The standard InChI is InChI=1S/C12H20N4O/c1-9-10(2)15-16-11(14-9)13-7-12(8-17)5-3-4-6-12/h17H,3-8H2,1-2H3,(H,13,14,16). The fraction of sp³-hybridized carbons (Fsp3) is 0.750. The van der Waals surface area contributed by atoms with Gasteiger partial charge in [0.05, 0.1) is 18.0 Å². The third-order valence-corrected chi connectivity index (χ3v) is 3.71. The van der Waals surface area contributed by atoms with Crippen molar-refractivity contribution in [3.8, 4) is 0 Å². The normalized spacial score (nSPS) is 18.3. The van der Waals surface area contributed by atoms with Crippen molar-refractivity contribution in [3.63, 3.8) is 0 Å². The first-order valence-electron chi connectivity index (χ1n) is 6.18. The van der Waals surface area contributed by atoms with Crippen molar-refractivity contribution in [2.24, 2.45) is 5.41 Å². The lowest BCUT2D eigenvalue weighted by Gasteiger charge is -2.26. The summed E-state index contributed by atoms with van der Waals surface area (Å²) in [5, 5.41) is 20.7. The summed E-state index contributed by atoms with van der Waals surface area (Å²) in [7, 11) is 0. The first-order chi connectivity index (χ1) is 8.15. The Labute approximate surface area is 102 Å². The maximum absolute atomic E-state index is 9.50. The highest BCUT2D eigenvalue weighted by molar-refractivity contribution is 5.25. The van der Waals surface area contributed by atoms with E-state index in [0.717, 1.165) is 30.8 Å². The van der Waals surface area contributed by atoms with Gasteiger partial charge in [-0.1, -0.05) is 12.8 Å². The van der Waals surface area contributed by atoms with Crippen molar-refractivity contribution in [2.75, 3.05) is 18.5 Å². The van der Waals surface area contributed by atoms with Crippen molar-refractivity contribution in [1.82, 2.24) is 15.2 Å². The largest absolute Gasteiger partial charge is 0.396 e. The van der Waals surface area contributed by atoms with Gasteiger partial charge in [-0.3, -0.25) is 0 Å². The number of nitrogens with zero attached hydrogens (tertiary/aromatic N) is 3. The minimum Gasteiger partial charge on any atom is -0.396 e. The van der Waals surface area contributed by atoms with Gasteiger partial charge in [0.2, 0.25) is 5.95 Å². The van der Waals surface area contributed by atoms with Gasteiger partial charge in [-0.15, -0.1) is 5.10 Å². The van der Waals surface area contributed by atoms with Crippen LogP contribution in [0.25, 0.3) is 0 Å². The smallest absolute Gasteiger partial charge is 0.242 e. The van der Waals surface area contributed by atoms with Crippen LogP contribution in [0.2, 0.25) is 0 Å². The Kier molecular flexibility index (Phi) is 3.57. The monoisotopic (exact) mass is 236 g/mol. The molecule has 1 aromatic heterocycles. The molecular formula is C12H20N4O. The fourth-order valence-corrected chi connectivity index (χ4v) is 2.31. The molecule has 1 heterocycles. The van der Waals surface area contributed by atoms with E-state index in [1.807, 2.05) is 13.8 Å². The zero-order valence-corrected chi connectivity index (χ0v) is 10.5. The molecule has 0 aliphatic heterocycles. The second-order valence-corrected chi connectivity index (χ2v) is 5.03. The van der Waals surface area contributed by atoms with Gasteiger partial charge in [0.15, 0.2) is 0 Å². The zero-order chi connectivity index (χ0) is 12.3. The Morgan fingerprint density at radius 3 is 2.47 bits per heavy atom. The number of nitrogens with one attached hydrogen (secondary N) is 1. The Balaban J connectivity index is 1.99. The van der Waals surface area contributed by atoms with Gasteiger partial charge >= 0.3 is 0 Å². The van der Waals surface area contributed by atoms with Gasteiger partial charge in [0.25, 0.3) is 0 Å². The van der Waals surface area contributed by atoms with E-state index in [2.05, 4.69) is 20.5 Å². The maximum atomic E-state index is 9.50. The van der Waals surface area contributed by atoms with Crippen LogP contribution < -0.4 is 5.32 Å². The van der Waals surface area contributed by atoms with Crippen molar-refractivity contribution < 1.29 is 5.11 Å². The van der Waals surface area contributed by atoms with Crippen LogP contribution in [0.5, 0.6) is 0 Å². The topological polar surface area (TPSA) is 70.9 Å². The Morgan fingerprint density at radius 2 is 1.88 bits per heavy atom. The predicted octanol–water partition coefficient (Wildman–Crippen LogP) is 1.45. The van der Waals surface area contributed by atoms with E-state index < -0.39 is 0 Å². The third kappa shape index (κ3) is 2.72. The molecule has 5 heteroatoms. The summed E-state index contributed by atoms with van der Waals surface area (Å²) in [4.78, 5) is 4.33. The molecule has 2 N–H and O–H groups in total. The molecule has 0 spiro atoms. The van der Waals surface area contributed by atoms with Gasteiger partial charge in [0, 0.05) is 12.0 Å². The van der Waals surface area contributed by atoms with Gasteiger partial charge in [-0.05, 0) is 26.7 Å². The van der Waals surface area contributed by atoms with Crippen molar-refractivity contribution in [3.05, 3.63) is 11.4 Å². The summed E-state index contributed by atoms with van der Waals surface area (Å²) < 4.78 is 0. The number of hydrogen-bond acceptors (Lipinski definition) is 5. The third-order valence-electron chi connectivity index (χ3n) is 3.71. The Hall–Kier alpha value is -1.23. The van der Waals surface area contributed by atoms with Gasteiger partial charge in [0.1, 0.15) is 0 Å². The van der Waals surface area contributed by atoms with E-state index in [1.54, 1.807) is 0 Å². The second-order valence-electron chi connectivity index (χ2n) is 5.03. The molecule has 1 aromatic rings. The van der Waals surface area contributed by atoms with Crippen LogP contribution in [0.4, 0.5) is 5.95 Å². The predicted molar refractivity (Wildman–Crippen MR) is 65.8 cm³/mol. The van der Waals surface area contributed by atoms with Crippen LogP contribution in [-0.2, 0) is 0 Å². The molecule has 94 valence electrons. The van der Waals surface area contributed by atoms with Gasteiger partial charge in [-0.2, -0.15) is 5.10 Å². The molecule has 1 aliphatic carbocycles. The summed E-state index contributed by atoms with van der Waals surface area (Å²) in [6.45, 7) is 4.78. The van der Waals surface area contributed by atoms with E-state index in [1.165, 1.54) is 12.8 Å². The lowest BCUT2D eigenvalue weighted by Crippen LogP contribution is -2.31. The first kappa shape index (κ1) is 12.2. The van der Waals surface area contributed by atoms with E-state index in [9.17, 15) is 5.11 Å². The molecule has 0 unspecified atom stereocenters. The average Bonchev–Trinajstić information content (AvgIpc) is 2.80. The fourth-order valence-electron chi connectivity index (χ4n) is 2.31. The van der Waals surface area contributed by atoms with Crippen LogP contribution in [0.15, 0.2) is 0 Å². The minimum absolute atomic E-state index is 0.0160. The highest BCUT2D eigenvalue weighted by Gasteiger charge is 2.33. The average molecular weight is 236 g/mol. The number of aromatic nitrogens is 3. The molecule has 1 fully saturated rings. The van der Waals surface area contributed by atoms with Crippen molar-refractivity contribution in [2.45, 2.75) is 39.5 Å². The van der Waals surface area contributed by atoms with Crippen LogP contribution in [-0.4, -0.2) is 33.4 Å². The summed E-state index contributed by atoms with van der Waals surface area (Å²) >= 11 is 0. The van der Waals surface area contributed by atoms with Crippen LogP contribution in [0.3, 0.4) is 0 Å². The summed E-state index contributed by atoms with van der Waals surface area (Å²) in [6.07, 6.45) is 4.56. The van der Waals surface area contributed by atoms with Crippen molar-refractivity contribution >= 4 is 5.95 Å². The maximum Gasteiger partial charge on any atom is 0.242 e.